The standard InChI is InChI=1S/C10H8BrNO.C9H5BrO2S.C9H16N4.C4H9NO/c1-6(13)9-4-7-2-3-8(11)5-10(7)12-9;10-6-2-1-5-3-8(9(11)12)13-7(5)4-6;1-12-4-2-9(3-5-12)13-7-8(10)6-11-13;5-4-1-2-6-3-4/h2-5,12H,1H3;1-4H,(H,11,12);6-7,9H,2-5,10H2,1H3;4H,1-3,5H2. The van der Waals surface area contributed by atoms with Gasteiger partial charge < -0.3 is 31.2 Å². The minimum absolute atomic E-state index is 0.0623. The number of H-pyrrole nitrogens is 1. The Bertz CT molecular complexity index is 1630. The van der Waals surface area contributed by atoms with Crippen molar-refractivity contribution >= 4 is 81.6 Å². The molecule has 1 unspecified atom stereocenters. The summed E-state index contributed by atoms with van der Waals surface area (Å²) in [6, 6.07) is 16.1. The van der Waals surface area contributed by atoms with Gasteiger partial charge in [0.05, 0.1) is 30.2 Å². The number of carbonyl (C=O) groups excluding carboxylic acids is 1. The van der Waals surface area contributed by atoms with Crippen LogP contribution >= 0.6 is 43.2 Å². The lowest BCUT2D eigenvalue weighted by molar-refractivity contribution is 0.0702. The lowest BCUT2D eigenvalue weighted by Gasteiger charge is -2.28. The Hall–Kier alpha value is -3.07. The van der Waals surface area contributed by atoms with Gasteiger partial charge in [0.25, 0.3) is 0 Å². The molecule has 0 aliphatic carbocycles. The SMILES string of the molecule is CC(=O)c1cc2ccc(Br)cc2[nH]1.CN1CCC(n2cc(N)cn2)CC1.NC1CCOC1.O=C(O)c1cc2ccc(Br)cc2s1. The van der Waals surface area contributed by atoms with Crippen LogP contribution in [0.2, 0.25) is 0 Å². The number of fused-ring (bicyclic) bond motifs is 2. The Morgan fingerprint density at radius 1 is 1.04 bits per heavy atom. The Labute approximate surface area is 283 Å². The lowest BCUT2D eigenvalue weighted by Crippen LogP contribution is -2.31. The average molecular weight is 763 g/mol. The summed E-state index contributed by atoms with van der Waals surface area (Å²) < 4.78 is 9.91. The fourth-order valence-corrected chi connectivity index (χ4v) is 6.58. The zero-order chi connectivity index (χ0) is 32.5. The number of aromatic amines is 1. The van der Waals surface area contributed by atoms with Crippen molar-refractivity contribution in [2.24, 2.45) is 5.73 Å². The largest absolute Gasteiger partial charge is 0.477 e. The van der Waals surface area contributed by atoms with E-state index in [1.165, 1.54) is 24.2 Å². The first-order valence-corrected chi connectivity index (χ1v) is 16.9. The molecule has 2 aromatic carbocycles. The van der Waals surface area contributed by atoms with Crippen LogP contribution in [-0.4, -0.2) is 75.9 Å². The van der Waals surface area contributed by atoms with E-state index in [1.807, 2.05) is 53.3 Å². The van der Waals surface area contributed by atoms with Crippen LogP contribution in [0.5, 0.6) is 0 Å². The quantitative estimate of drug-likeness (QED) is 0.144. The predicted molar refractivity (Wildman–Crippen MR) is 188 cm³/mol. The van der Waals surface area contributed by atoms with Crippen LogP contribution in [0.1, 0.15) is 52.4 Å². The molecule has 0 bridgehead atoms. The number of nitrogens with one attached hydrogen (secondary N) is 1. The molecule has 6 N–H and O–H groups in total. The van der Waals surface area contributed by atoms with E-state index in [2.05, 4.69) is 53.9 Å². The first-order valence-electron chi connectivity index (χ1n) is 14.5. The number of thiophene rings is 1. The highest BCUT2D eigenvalue weighted by Gasteiger charge is 2.18. The molecule has 0 saturated carbocycles. The molecule has 2 fully saturated rings. The molecule has 1 atom stereocenters. The second kappa shape index (κ2) is 16.5. The molecular weight excluding hydrogens is 724 g/mol. The Morgan fingerprint density at radius 3 is 2.29 bits per heavy atom. The summed E-state index contributed by atoms with van der Waals surface area (Å²) in [4.78, 5) is 27.5. The third-order valence-electron chi connectivity index (χ3n) is 7.31. The number of rotatable bonds is 3. The van der Waals surface area contributed by atoms with Crippen LogP contribution in [0.25, 0.3) is 21.0 Å². The highest BCUT2D eigenvalue weighted by molar-refractivity contribution is 9.10. The predicted octanol–water partition coefficient (Wildman–Crippen LogP) is 6.96. The van der Waals surface area contributed by atoms with Gasteiger partial charge in [0.15, 0.2) is 5.78 Å². The summed E-state index contributed by atoms with van der Waals surface area (Å²) in [6.45, 7) is 5.50. The van der Waals surface area contributed by atoms with Crippen LogP contribution in [0.15, 0.2) is 69.9 Å². The highest BCUT2D eigenvalue weighted by atomic mass is 79.9. The number of aromatic carboxylic acids is 1. The van der Waals surface area contributed by atoms with Crippen molar-refractivity contribution in [3.05, 3.63) is 80.4 Å². The molecule has 2 aliphatic heterocycles. The summed E-state index contributed by atoms with van der Waals surface area (Å²) >= 11 is 8.00. The molecule has 0 radical (unpaired) electrons. The van der Waals surface area contributed by atoms with E-state index >= 15 is 0 Å². The van der Waals surface area contributed by atoms with Crippen LogP contribution in [0, 0.1) is 0 Å². The van der Waals surface area contributed by atoms with Gasteiger partial charge in [0, 0.05) is 50.3 Å². The molecule has 13 heteroatoms. The molecule has 240 valence electrons. The minimum atomic E-state index is -0.864. The number of nitrogens with zero attached hydrogens (tertiary/aromatic N) is 3. The molecule has 3 aromatic heterocycles. The molecule has 5 aromatic rings. The lowest BCUT2D eigenvalue weighted by atomic mass is 10.1. The van der Waals surface area contributed by atoms with Crippen LogP contribution in [0.4, 0.5) is 5.69 Å². The number of hydrogen-bond donors (Lipinski definition) is 4. The number of likely N-dealkylation sites (tertiary alicyclic amines) is 1. The fraction of sp³-hybridized carbons (Fsp3) is 0.344. The normalized spacial score (nSPS) is 16.7. The van der Waals surface area contributed by atoms with E-state index in [1.54, 1.807) is 19.2 Å². The van der Waals surface area contributed by atoms with Gasteiger partial charge in [-0.2, -0.15) is 5.10 Å². The highest BCUT2D eigenvalue weighted by Crippen LogP contribution is 2.28. The number of ether oxygens (including phenoxy) is 1. The van der Waals surface area contributed by atoms with E-state index < -0.39 is 5.97 Å². The smallest absolute Gasteiger partial charge is 0.345 e. The molecule has 2 saturated heterocycles. The van der Waals surface area contributed by atoms with Gasteiger partial charge in [0.2, 0.25) is 0 Å². The van der Waals surface area contributed by atoms with E-state index in [0.717, 1.165) is 68.3 Å². The van der Waals surface area contributed by atoms with Crippen LogP contribution in [-0.2, 0) is 4.74 Å². The topological polar surface area (TPSA) is 152 Å². The summed E-state index contributed by atoms with van der Waals surface area (Å²) in [7, 11) is 2.16. The maximum atomic E-state index is 11.1. The van der Waals surface area contributed by atoms with E-state index in [9.17, 15) is 9.59 Å². The van der Waals surface area contributed by atoms with Gasteiger partial charge in [-0.3, -0.25) is 9.48 Å². The van der Waals surface area contributed by atoms with E-state index in [0.29, 0.717) is 22.7 Å². The van der Waals surface area contributed by atoms with E-state index in [4.69, 9.17) is 21.3 Å². The molecular formula is C32H38Br2N6O4S. The number of carboxylic acid groups (broad SMARTS) is 1. The van der Waals surface area contributed by atoms with Gasteiger partial charge in [-0.05, 0) is 81.2 Å². The average Bonchev–Trinajstić information content (AvgIpc) is 3.81. The third-order valence-corrected chi connectivity index (χ3v) is 9.38. The minimum Gasteiger partial charge on any atom is -0.477 e. The second-order valence-electron chi connectivity index (χ2n) is 11.0. The number of aromatic nitrogens is 3. The number of hydrogen-bond acceptors (Lipinski definition) is 8. The first kappa shape index (κ1) is 34.8. The molecule has 2 aliphatic rings. The molecule has 5 heterocycles. The van der Waals surface area contributed by atoms with Crippen LogP contribution < -0.4 is 11.5 Å². The Kier molecular flexibility index (Phi) is 12.7. The summed E-state index contributed by atoms with van der Waals surface area (Å²) in [5.74, 6) is -0.801. The van der Waals surface area contributed by atoms with Crippen molar-refractivity contribution in [2.75, 3.05) is 39.1 Å². The van der Waals surface area contributed by atoms with Crippen molar-refractivity contribution in [3.63, 3.8) is 0 Å². The number of ketones is 1. The Morgan fingerprint density at radius 2 is 1.73 bits per heavy atom. The number of nitrogen functional groups attached to an aromatic ring is 1. The monoisotopic (exact) mass is 760 g/mol. The molecule has 10 nitrogen and oxygen atoms in total. The molecule has 45 heavy (non-hydrogen) atoms. The van der Waals surface area contributed by atoms with Gasteiger partial charge in [-0.25, -0.2) is 4.79 Å². The molecule has 0 spiro atoms. The molecule has 7 rings (SSSR count). The van der Waals surface area contributed by atoms with Gasteiger partial charge >= 0.3 is 5.97 Å². The number of halogens is 2. The number of carbonyl (C=O) groups is 2. The number of Topliss-reactive ketones (excluding diaryl/α,β-unsaturated/α-hetero) is 1. The van der Waals surface area contributed by atoms with Crippen molar-refractivity contribution in [1.82, 2.24) is 19.7 Å². The van der Waals surface area contributed by atoms with Crippen molar-refractivity contribution in [1.29, 1.82) is 0 Å². The van der Waals surface area contributed by atoms with Gasteiger partial charge in [-0.15, -0.1) is 11.3 Å². The van der Waals surface area contributed by atoms with Crippen molar-refractivity contribution in [3.8, 4) is 0 Å². The fourth-order valence-electron chi connectivity index (χ4n) is 4.76. The Balaban J connectivity index is 0.000000141. The number of piperidine rings is 1. The zero-order valence-corrected chi connectivity index (χ0v) is 29.2. The maximum Gasteiger partial charge on any atom is 0.345 e. The summed E-state index contributed by atoms with van der Waals surface area (Å²) in [5, 5.41) is 15.0. The number of nitrogens with two attached hydrogens (primary N) is 2. The number of benzene rings is 2. The maximum absolute atomic E-state index is 11.1. The van der Waals surface area contributed by atoms with Crippen LogP contribution in [0.3, 0.4) is 0 Å². The zero-order valence-electron chi connectivity index (χ0n) is 25.2. The number of carboxylic acids is 1. The first-order chi connectivity index (χ1) is 21.5. The summed E-state index contributed by atoms with van der Waals surface area (Å²) in [5.41, 5.74) is 13.4. The second-order valence-corrected chi connectivity index (χ2v) is 13.9. The van der Waals surface area contributed by atoms with Crippen molar-refractivity contribution in [2.45, 2.75) is 38.3 Å². The van der Waals surface area contributed by atoms with E-state index in [-0.39, 0.29) is 5.78 Å². The number of anilines is 1. The van der Waals surface area contributed by atoms with Gasteiger partial charge in [0.1, 0.15) is 4.88 Å². The summed E-state index contributed by atoms with van der Waals surface area (Å²) in [6.07, 6.45) is 7.05. The van der Waals surface area contributed by atoms with Crippen molar-refractivity contribution < 1.29 is 19.4 Å². The van der Waals surface area contributed by atoms with Gasteiger partial charge in [-0.1, -0.05) is 44.0 Å². The molecule has 0 amide bonds. The third kappa shape index (κ3) is 10.5.